The molecule has 1 aromatic carbocycles. The summed E-state index contributed by atoms with van der Waals surface area (Å²) in [6.45, 7) is 5.14. The van der Waals surface area contributed by atoms with E-state index in [0.29, 0.717) is 11.6 Å². The van der Waals surface area contributed by atoms with Crippen molar-refractivity contribution in [2.75, 3.05) is 11.9 Å². The molecule has 0 aliphatic carbocycles. The quantitative estimate of drug-likeness (QED) is 0.911. The minimum Gasteiger partial charge on any atom is -0.381 e. The predicted octanol–water partition coefficient (Wildman–Crippen LogP) is 4.08. The molecule has 1 aliphatic heterocycles. The van der Waals surface area contributed by atoms with Gasteiger partial charge in [-0.1, -0.05) is 6.92 Å². The van der Waals surface area contributed by atoms with E-state index in [-0.39, 0.29) is 5.60 Å². The van der Waals surface area contributed by atoms with E-state index in [4.69, 9.17) is 10.00 Å². The summed E-state index contributed by atoms with van der Waals surface area (Å²) in [4.78, 5) is 0. The third kappa shape index (κ3) is 3.49. The molecule has 0 aromatic heterocycles. The number of nitrogens with zero attached hydrogens (tertiary/aromatic N) is 1. The van der Waals surface area contributed by atoms with Gasteiger partial charge >= 0.3 is 0 Å². The van der Waals surface area contributed by atoms with Gasteiger partial charge in [0, 0.05) is 22.8 Å². The molecule has 1 aliphatic rings. The van der Waals surface area contributed by atoms with Crippen LogP contribution >= 0.6 is 15.9 Å². The lowest BCUT2D eigenvalue weighted by Gasteiger charge is -2.38. The van der Waals surface area contributed by atoms with Crippen LogP contribution in [0.5, 0.6) is 0 Å². The fourth-order valence-corrected chi connectivity index (χ4v) is 2.91. The van der Waals surface area contributed by atoms with Crippen molar-refractivity contribution in [2.45, 2.75) is 44.8 Å². The van der Waals surface area contributed by atoms with Gasteiger partial charge in [0.25, 0.3) is 0 Å². The number of ether oxygens (including phenoxy) is 1. The second-order valence-corrected chi connectivity index (χ2v) is 6.15. The second kappa shape index (κ2) is 5.94. The maximum Gasteiger partial charge on any atom is 0.0992 e. The molecule has 1 N–H and O–H groups in total. The number of rotatable bonds is 3. The molecule has 19 heavy (non-hydrogen) atoms. The molecule has 0 amide bonds. The second-order valence-electron chi connectivity index (χ2n) is 5.29. The molecular weight excluding hydrogens is 304 g/mol. The van der Waals surface area contributed by atoms with Crippen molar-refractivity contribution in [2.24, 2.45) is 0 Å². The predicted molar refractivity (Wildman–Crippen MR) is 80.1 cm³/mol. The summed E-state index contributed by atoms with van der Waals surface area (Å²) in [5.41, 5.74) is 1.70. The lowest BCUT2D eigenvalue weighted by atomic mass is 9.90. The van der Waals surface area contributed by atoms with Crippen molar-refractivity contribution in [1.82, 2.24) is 0 Å². The van der Waals surface area contributed by atoms with E-state index in [1.807, 2.05) is 18.2 Å². The summed E-state index contributed by atoms with van der Waals surface area (Å²) in [7, 11) is 0. The van der Waals surface area contributed by atoms with Gasteiger partial charge in [0.1, 0.15) is 0 Å². The van der Waals surface area contributed by atoms with Crippen molar-refractivity contribution >= 4 is 21.6 Å². The fraction of sp³-hybridized carbons (Fsp3) is 0.533. The Morgan fingerprint density at radius 2 is 2.37 bits per heavy atom. The van der Waals surface area contributed by atoms with Gasteiger partial charge in [0.15, 0.2) is 0 Å². The normalized spacial score (nSPS) is 26.7. The molecule has 2 unspecified atom stereocenters. The van der Waals surface area contributed by atoms with Crippen LogP contribution in [0.4, 0.5) is 5.69 Å². The Morgan fingerprint density at radius 3 is 3.00 bits per heavy atom. The van der Waals surface area contributed by atoms with E-state index in [0.717, 1.165) is 36.0 Å². The summed E-state index contributed by atoms with van der Waals surface area (Å²) in [6, 6.07) is 8.21. The summed E-state index contributed by atoms with van der Waals surface area (Å²) in [5, 5.41) is 12.4. The first kappa shape index (κ1) is 14.4. The highest BCUT2D eigenvalue weighted by molar-refractivity contribution is 9.10. The minimum atomic E-state index is -0.0189. The Kier molecular flexibility index (Phi) is 4.49. The summed E-state index contributed by atoms with van der Waals surface area (Å²) < 4.78 is 6.80. The van der Waals surface area contributed by atoms with Crippen LogP contribution in [0, 0.1) is 11.3 Å². The molecule has 0 bridgehead atoms. The maximum absolute atomic E-state index is 8.87. The minimum absolute atomic E-state index is 0.0189. The summed E-state index contributed by atoms with van der Waals surface area (Å²) in [6.07, 6.45) is 3.05. The zero-order chi connectivity index (χ0) is 13.9. The van der Waals surface area contributed by atoms with Crippen LogP contribution in [-0.2, 0) is 4.74 Å². The van der Waals surface area contributed by atoms with Crippen LogP contribution in [-0.4, -0.2) is 18.2 Å². The third-order valence-corrected chi connectivity index (χ3v) is 4.46. The molecular formula is C15H19BrN2O. The first-order chi connectivity index (χ1) is 9.06. The largest absolute Gasteiger partial charge is 0.381 e. The van der Waals surface area contributed by atoms with E-state index >= 15 is 0 Å². The van der Waals surface area contributed by atoms with E-state index < -0.39 is 0 Å². The van der Waals surface area contributed by atoms with Crippen LogP contribution in [0.2, 0.25) is 0 Å². The third-order valence-electron chi connectivity index (χ3n) is 3.80. The standard InChI is InChI=1S/C15H19BrN2O/c1-3-15(2)9-12(6-7-19-15)18-14-5-4-11(10-17)8-13(14)16/h4-5,8,12,18H,3,6-7,9H2,1-2H3. The van der Waals surface area contributed by atoms with Crippen LogP contribution in [0.3, 0.4) is 0 Å². The smallest absolute Gasteiger partial charge is 0.0992 e. The molecule has 2 rings (SSSR count). The van der Waals surface area contributed by atoms with Crippen molar-refractivity contribution in [3.8, 4) is 6.07 Å². The Hall–Kier alpha value is -1.05. The first-order valence-electron chi connectivity index (χ1n) is 6.66. The average Bonchev–Trinajstić information content (AvgIpc) is 2.41. The SMILES string of the molecule is CCC1(C)CC(Nc2ccc(C#N)cc2Br)CCO1. The Balaban J connectivity index is 2.07. The molecule has 4 heteroatoms. The highest BCUT2D eigenvalue weighted by atomic mass is 79.9. The number of benzene rings is 1. The molecule has 102 valence electrons. The number of anilines is 1. The highest BCUT2D eigenvalue weighted by Crippen LogP contribution is 2.31. The summed E-state index contributed by atoms with van der Waals surface area (Å²) >= 11 is 3.52. The van der Waals surface area contributed by atoms with E-state index in [1.54, 1.807) is 0 Å². The van der Waals surface area contributed by atoms with E-state index in [9.17, 15) is 0 Å². The number of nitrogens with one attached hydrogen (secondary N) is 1. The van der Waals surface area contributed by atoms with Crippen LogP contribution < -0.4 is 5.32 Å². The van der Waals surface area contributed by atoms with Crippen LogP contribution in [0.15, 0.2) is 22.7 Å². The van der Waals surface area contributed by atoms with Gasteiger partial charge in [-0.05, 0) is 60.3 Å². The fourth-order valence-electron chi connectivity index (χ4n) is 2.42. The van der Waals surface area contributed by atoms with Crippen LogP contribution in [0.1, 0.15) is 38.7 Å². The lowest BCUT2D eigenvalue weighted by molar-refractivity contribution is -0.0708. The van der Waals surface area contributed by atoms with E-state index in [2.05, 4.69) is 41.2 Å². The van der Waals surface area contributed by atoms with Gasteiger partial charge < -0.3 is 10.1 Å². The Bertz CT molecular complexity index is 497. The summed E-state index contributed by atoms with van der Waals surface area (Å²) in [5.74, 6) is 0. The Labute approximate surface area is 123 Å². The molecule has 3 nitrogen and oxygen atoms in total. The van der Waals surface area contributed by atoms with E-state index in [1.165, 1.54) is 0 Å². The van der Waals surface area contributed by atoms with Gasteiger partial charge in [0.2, 0.25) is 0 Å². The molecule has 0 spiro atoms. The van der Waals surface area contributed by atoms with Gasteiger partial charge in [-0.3, -0.25) is 0 Å². The molecule has 1 aromatic rings. The lowest BCUT2D eigenvalue weighted by Crippen LogP contribution is -2.41. The zero-order valence-corrected chi connectivity index (χ0v) is 13.0. The van der Waals surface area contributed by atoms with Crippen molar-refractivity contribution < 1.29 is 4.74 Å². The van der Waals surface area contributed by atoms with Gasteiger partial charge in [-0.15, -0.1) is 0 Å². The zero-order valence-electron chi connectivity index (χ0n) is 11.4. The molecule has 2 atom stereocenters. The molecule has 0 saturated carbocycles. The van der Waals surface area contributed by atoms with Gasteiger partial charge in [-0.25, -0.2) is 0 Å². The molecule has 1 heterocycles. The topological polar surface area (TPSA) is 45.0 Å². The monoisotopic (exact) mass is 322 g/mol. The first-order valence-corrected chi connectivity index (χ1v) is 7.46. The number of hydrogen-bond acceptors (Lipinski definition) is 3. The number of nitriles is 1. The molecule has 1 saturated heterocycles. The van der Waals surface area contributed by atoms with Crippen LogP contribution in [0.25, 0.3) is 0 Å². The van der Waals surface area contributed by atoms with Crippen molar-refractivity contribution in [3.05, 3.63) is 28.2 Å². The highest BCUT2D eigenvalue weighted by Gasteiger charge is 2.31. The van der Waals surface area contributed by atoms with Crippen molar-refractivity contribution in [3.63, 3.8) is 0 Å². The Morgan fingerprint density at radius 1 is 1.58 bits per heavy atom. The molecule has 1 fully saturated rings. The van der Waals surface area contributed by atoms with Crippen molar-refractivity contribution in [1.29, 1.82) is 5.26 Å². The van der Waals surface area contributed by atoms with Gasteiger partial charge in [-0.2, -0.15) is 5.26 Å². The average molecular weight is 323 g/mol. The van der Waals surface area contributed by atoms with Gasteiger partial charge in [0.05, 0.1) is 17.2 Å². The number of halogens is 1. The maximum atomic E-state index is 8.87. The molecule has 0 radical (unpaired) electrons. The number of hydrogen-bond donors (Lipinski definition) is 1.